The molecule has 0 unspecified atom stereocenters. The number of esters is 1. The molecule has 0 atom stereocenters. The number of methoxy groups -OCH3 is 1. The van der Waals surface area contributed by atoms with Crippen LogP contribution in [0.5, 0.6) is 0 Å². The maximum atomic E-state index is 11.3. The van der Waals surface area contributed by atoms with Crippen molar-refractivity contribution in [2.45, 2.75) is 0 Å². The van der Waals surface area contributed by atoms with Crippen molar-refractivity contribution in [1.82, 2.24) is 0 Å². The van der Waals surface area contributed by atoms with Crippen molar-refractivity contribution in [3.8, 4) is 0 Å². The number of hydrogen-bond donors (Lipinski definition) is 0. The van der Waals surface area contributed by atoms with Crippen molar-refractivity contribution >= 4 is 18.1 Å². The van der Waals surface area contributed by atoms with Crippen molar-refractivity contribution < 1.29 is 14.3 Å². The van der Waals surface area contributed by atoms with E-state index in [1.54, 1.807) is 30.3 Å². The summed E-state index contributed by atoms with van der Waals surface area (Å²) in [6.45, 7) is 0. The smallest absolute Gasteiger partial charge is 0.349 e. The van der Waals surface area contributed by atoms with Crippen LogP contribution >= 0.6 is 0 Å². The molecule has 0 N–H and O–H groups in total. The molecule has 0 aliphatic heterocycles. The molecule has 0 aliphatic carbocycles. The Kier molecular flexibility index (Phi) is 3.55. The number of carbonyl (C=O) groups excluding carboxylic acids is 2. The summed E-state index contributed by atoms with van der Waals surface area (Å²) >= 11 is 0. The van der Waals surface area contributed by atoms with Crippen LogP contribution in [0, 0.1) is 0 Å². The van der Waals surface area contributed by atoms with Crippen molar-refractivity contribution in [2.75, 3.05) is 7.11 Å². The van der Waals surface area contributed by atoms with Gasteiger partial charge in [0.2, 0.25) is 0 Å². The fourth-order valence-electron chi connectivity index (χ4n) is 0.819. The fourth-order valence-corrected chi connectivity index (χ4v) is 0.819. The third-order valence-electron chi connectivity index (χ3n) is 1.51. The van der Waals surface area contributed by atoms with Gasteiger partial charge in [-0.3, -0.25) is 4.79 Å². The Morgan fingerprint density at radius 2 is 1.93 bits per heavy atom. The summed E-state index contributed by atoms with van der Waals surface area (Å²) < 4.78 is 4.30. The predicted molar refractivity (Wildman–Crippen MR) is 51.3 cm³/mol. The highest BCUT2D eigenvalue weighted by molar-refractivity contribution is 6.26. The quantitative estimate of drug-likeness (QED) is 0.519. The van der Waals surface area contributed by atoms with Crippen molar-refractivity contribution in [3.63, 3.8) is 0 Å². The normalized spacial score (nSPS) is 10.1. The van der Waals surface area contributed by atoms with E-state index in [-0.39, 0.29) is 0 Å². The van der Waals surface area contributed by atoms with E-state index in [0.29, 0.717) is 5.56 Å². The van der Waals surface area contributed by atoms with Crippen molar-refractivity contribution in [3.05, 3.63) is 35.9 Å². The number of rotatable bonds is 2. The number of benzene rings is 1. The number of ether oxygens (including phenoxy) is 1. The molecular weight excluding hydrogens is 182 g/mol. The van der Waals surface area contributed by atoms with Crippen LogP contribution in [0.25, 0.3) is 0 Å². The lowest BCUT2D eigenvalue weighted by molar-refractivity contribution is -0.132. The molecule has 0 spiro atoms. The van der Waals surface area contributed by atoms with Gasteiger partial charge < -0.3 is 4.74 Å². The van der Waals surface area contributed by atoms with Gasteiger partial charge in [-0.15, -0.1) is 0 Å². The number of carbonyl (C=O) groups is 2. The summed E-state index contributed by atoms with van der Waals surface area (Å²) in [6.07, 6.45) is 0.856. The summed E-state index contributed by atoms with van der Waals surface area (Å²) in [5.41, 5.74) is 0.438. The maximum Gasteiger partial charge on any atom is 0.349 e. The molecule has 1 amide bonds. The average molecular weight is 191 g/mol. The van der Waals surface area contributed by atoms with Crippen LogP contribution in [0.1, 0.15) is 10.4 Å². The second-order valence-corrected chi connectivity index (χ2v) is 2.45. The van der Waals surface area contributed by atoms with E-state index >= 15 is 0 Å². The van der Waals surface area contributed by atoms with Gasteiger partial charge in [0.15, 0.2) is 0 Å². The number of nitrogens with zero attached hydrogens (tertiary/aromatic N) is 1. The minimum atomic E-state index is -0.644. The molecule has 1 aromatic rings. The van der Waals surface area contributed by atoms with E-state index in [0.717, 1.165) is 6.21 Å². The maximum absolute atomic E-state index is 11.3. The minimum Gasteiger partial charge on any atom is -0.465 e. The van der Waals surface area contributed by atoms with Crippen LogP contribution in [0.15, 0.2) is 35.3 Å². The zero-order chi connectivity index (χ0) is 10.4. The van der Waals surface area contributed by atoms with E-state index in [2.05, 4.69) is 9.73 Å². The largest absolute Gasteiger partial charge is 0.465 e. The molecular formula is C10H9NO3. The first-order valence-electron chi connectivity index (χ1n) is 3.95. The lowest BCUT2D eigenvalue weighted by Gasteiger charge is -1.92. The number of amides is 1. The van der Waals surface area contributed by atoms with E-state index in [9.17, 15) is 9.59 Å². The van der Waals surface area contributed by atoms with Crippen LogP contribution in [0.2, 0.25) is 0 Å². The van der Waals surface area contributed by atoms with Gasteiger partial charge in [-0.05, 0) is 12.1 Å². The lowest BCUT2D eigenvalue weighted by Crippen LogP contribution is -2.04. The van der Waals surface area contributed by atoms with Gasteiger partial charge in [-0.2, -0.15) is 0 Å². The van der Waals surface area contributed by atoms with Gasteiger partial charge >= 0.3 is 5.97 Å². The third kappa shape index (κ3) is 2.82. The SMILES string of the molecule is COC(=O)C=NC(=O)c1ccccc1. The van der Waals surface area contributed by atoms with E-state index in [4.69, 9.17) is 0 Å². The Balaban J connectivity index is 2.69. The van der Waals surface area contributed by atoms with Crippen molar-refractivity contribution in [2.24, 2.45) is 4.99 Å². The van der Waals surface area contributed by atoms with Gasteiger partial charge in [-0.25, -0.2) is 9.79 Å². The number of hydrogen-bond acceptors (Lipinski definition) is 3. The highest BCUT2D eigenvalue weighted by atomic mass is 16.5. The first-order chi connectivity index (χ1) is 6.74. The standard InChI is InChI=1S/C10H9NO3/c1-14-9(12)7-11-10(13)8-5-3-2-4-6-8/h2-7H,1H3. The summed E-state index contributed by atoms with van der Waals surface area (Å²) in [6, 6.07) is 8.48. The highest BCUT2D eigenvalue weighted by Gasteiger charge is 2.02. The molecule has 1 aromatic carbocycles. The van der Waals surface area contributed by atoms with E-state index in [1.807, 2.05) is 0 Å². The van der Waals surface area contributed by atoms with Gasteiger partial charge in [0, 0.05) is 5.56 Å². The van der Waals surface area contributed by atoms with Crippen LogP contribution in [-0.4, -0.2) is 25.2 Å². The Morgan fingerprint density at radius 3 is 2.50 bits per heavy atom. The zero-order valence-electron chi connectivity index (χ0n) is 7.64. The Morgan fingerprint density at radius 1 is 1.29 bits per heavy atom. The van der Waals surface area contributed by atoms with Gasteiger partial charge in [-0.1, -0.05) is 18.2 Å². The second-order valence-electron chi connectivity index (χ2n) is 2.45. The van der Waals surface area contributed by atoms with Crippen LogP contribution in [0.4, 0.5) is 0 Å². The van der Waals surface area contributed by atoms with E-state index in [1.165, 1.54) is 7.11 Å². The Labute approximate surface area is 81.2 Å². The van der Waals surface area contributed by atoms with Gasteiger partial charge in [0.05, 0.1) is 7.11 Å². The zero-order valence-corrected chi connectivity index (χ0v) is 7.64. The molecule has 0 bridgehead atoms. The summed E-state index contributed by atoms with van der Waals surface area (Å²) in [7, 11) is 1.22. The number of aliphatic imine (C=N–C) groups is 1. The molecule has 14 heavy (non-hydrogen) atoms. The first kappa shape index (κ1) is 10.1. The molecule has 72 valence electrons. The summed E-state index contributed by atoms with van der Waals surface area (Å²) in [5, 5.41) is 0. The molecule has 0 heterocycles. The average Bonchev–Trinajstić information content (AvgIpc) is 2.26. The Hall–Kier alpha value is -1.97. The molecule has 4 heteroatoms. The molecule has 4 nitrogen and oxygen atoms in total. The van der Waals surface area contributed by atoms with Crippen molar-refractivity contribution in [1.29, 1.82) is 0 Å². The topological polar surface area (TPSA) is 55.7 Å². The first-order valence-corrected chi connectivity index (χ1v) is 3.95. The van der Waals surface area contributed by atoms with Crippen LogP contribution < -0.4 is 0 Å². The lowest BCUT2D eigenvalue weighted by atomic mass is 10.2. The molecule has 0 saturated heterocycles. The summed E-state index contributed by atoms with van der Waals surface area (Å²) in [4.78, 5) is 25.3. The van der Waals surface area contributed by atoms with Crippen LogP contribution in [0.3, 0.4) is 0 Å². The monoisotopic (exact) mass is 191 g/mol. The molecule has 0 aromatic heterocycles. The predicted octanol–water partition coefficient (Wildman–Crippen LogP) is 1.07. The third-order valence-corrected chi connectivity index (χ3v) is 1.51. The van der Waals surface area contributed by atoms with E-state index < -0.39 is 11.9 Å². The highest BCUT2D eigenvalue weighted by Crippen LogP contribution is 1.99. The molecule has 0 radical (unpaired) electrons. The fraction of sp³-hybridized carbons (Fsp3) is 0.100. The molecule has 0 aliphatic rings. The van der Waals surface area contributed by atoms with Gasteiger partial charge in [0.25, 0.3) is 5.91 Å². The van der Waals surface area contributed by atoms with Crippen LogP contribution in [-0.2, 0) is 9.53 Å². The van der Waals surface area contributed by atoms with Gasteiger partial charge in [0.1, 0.15) is 6.21 Å². The summed E-state index contributed by atoms with van der Waals surface area (Å²) in [5.74, 6) is -1.11. The molecule has 0 fully saturated rings. The second kappa shape index (κ2) is 4.91. The molecule has 0 saturated carbocycles. The minimum absolute atomic E-state index is 0.438. The molecule has 1 rings (SSSR count). The Bertz CT molecular complexity index is 357.